The van der Waals surface area contributed by atoms with Crippen molar-refractivity contribution in [3.63, 3.8) is 0 Å². The molecule has 0 unspecified atom stereocenters. The van der Waals surface area contributed by atoms with E-state index in [-0.39, 0.29) is 5.78 Å². The van der Waals surface area contributed by atoms with E-state index in [2.05, 4.69) is 4.98 Å². The van der Waals surface area contributed by atoms with Gasteiger partial charge < -0.3 is 5.73 Å². The van der Waals surface area contributed by atoms with Crippen molar-refractivity contribution in [3.8, 4) is 0 Å². The number of benzene rings is 1. The Kier molecular flexibility index (Phi) is 2.51. The summed E-state index contributed by atoms with van der Waals surface area (Å²) in [6.45, 7) is 1.88. The van der Waals surface area contributed by atoms with E-state index in [1.54, 1.807) is 29.9 Å². The summed E-state index contributed by atoms with van der Waals surface area (Å²) in [6, 6.07) is 5.29. The van der Waals surface area contributed by atoms with Gasteiger partial charge in [0.05, 0.1) is 10.4 Å². The van der Waals surface area contributed by atoms with Gasteiger partial charge in [-0.3, -0.25) is 9.78 Å². The molecule has 76 valence electrons. The highest BCUT2D eigenvalue weighted by Gasteiger charge is 2.12. The van der Waals surface area contributed by atoms with Gasteiger partial charge in [-0.05, 0) is 30.7 Å². The number of carbonyl (C=O) groups is 1. The molecule has 2 rings (SSSR count). The van der Waals surface area contributed by atoms with E-state index in [9.17, 15) is 4.79 Å². The molecular formula is C11H10N2OS. The summed E-state index contributed by atoms with van der Waals surface area (Å²) in [5.74, 6) is 0.00926. The smallest absolute Gasteiger partial charge is 0.204 e. The van der Waals surface area contributed by atoms with E-state index in [0.29, 0.717) is 16.1 Å². The second-order valence-electron chi connectivity index (χ2n) is 3.27. The van der Waals surface area contributed by atoms with Gasteiger partial charge in [-0.15, -0.1) is 11.3 Å². The van der Waals surface area contributed by atoms with Crippen molar-refractivity contribution in [3.05, 3.63) is 45.9 Å². The molecule has 0 saturated heterocycles. The topological polar surface area (TPSA) is 56.0 Å². The average molecular weight is 218 g/mol. The maximum Gasteiger partial charge on any atom is 0.204 e. The summed E-state index contributed by atoms with van der Waals surface area (Å²) in [6.07, 6.45) is 1.59. The van der Waals surface area contributed by atoms with Gasteiger partial charge in [-0.1, -0.05) is 0 Å². The number of rotatable bonds is 2. The first kappa shape index (κ1) is 9.86. The van der Waals surface area contributed by atoms with E-state index >= 15 is 0 Å². The minimum absolute atomic E-state index is 0.00926. The first-order chi connectivity index (χ1) is 7.18. The molecule has 0 fully saturated rings. The Balaban J connectivity index is 2.42. The van der Waals surface area contributed by atoms with Crippen LogP contribution in [0.15, 0.2) is 29.9 Å². The van der Waals surface area contributed by atoms with Crippen LogP contribution in [0.3, 0.4) is 0 Å². The summed E-state index contributed by atoms with van der Waals surface area (Å²) in [7, 11) is 0. The lowest BCUT2D eigenvalue weighted by atomic mass is 10.0. The molecule has 3 nitrogen and oxygen atoms in total. The molecule has 0 saturated carbocycles. The summed E-state index contributed by atoms with van der Waals surface area (Å²) in [5, 5.41) is 0. The highest BCUT2D eigenvalue weighted by atomic mass is 32.1. The minimum atomic E-state index is 0.00926. The van der Waals surface area contributed by atoms with E-state index in [1.165, 1.54) is 11.3 Å². The molecule has 4 heteroatoms. The number of nitrogens with two attached hydrogens (primary N) is 1. The third-order valence-electron chi connectivity index (χ3n) is 2.15. The van der Waals surface area contributed by atoms with Crippen molar-refractivity contribution >= 4 is 22.8 Å². The van der Waals surface area contributed by atoms with Crippen molar-refractivity contribution in [2.45, 2.75) is 6.92 Å². The predicted molar refractivity (Wildman–Crippen MR) is 61.1 cm³/mol. The van der Waals surface area contributed by atoms with Gasteiger partial charge in [-0.25, -0.2) is 0 Å². The van der Waals surface area contributed by atoms with Crippen LogP contribution in [0, 0.1) is 6.92 Å². The summed E-state index contributed by atoms with van der Waals surface area (Å²) in [4.78, 5) is 16.5. The Labute approximate surface area is 91.6 Å². The van der Waals surface area contributed by atoms with E-state index in [4.69, 9.17) is 5.73 Å². The van der Waals surface area contributed by atoms with Crippen molar-refractivity contribution < 1.29 is 4.79 Å². The molecule has 0 atom stereocenters. The Hall–Kier alpha value is -1.68. The molecule has 1 aromatic heterocycles. The van der Waals surface area contributed by atoms with Gasteiger partial charge in [0.1, 0.15) is 0 Å². The molecule has 2 aromatic rings. The highest BCUT2D eigenvalue weighted by molar-refractivity contribution is 7.11. The summed E-state index contributed by atoms with van der Waals surface area (Å²) < 4.78 is 0. The van der Waals surface area contributed by atoms with Gasteiger partial charge in [0.2, 0.25) is 5.78 Å². The molecule has 15 heavy (non-hydrogen) atoms. The molecule has 1 aromatic carbocycles. The first-order valence-corrected chi connectivity index (χ1v) is 5.36. The number of aryl methyl sites for hydroxylation is 1. The third-order valence-corrected chi connectivity index (χ3v) is 2.92. The molecule has 0 radical (unpaired) electrons. The fourth-order valence-corrected chi connectivity index (χ4v) is 1.98. The van der Waals surface area contributed by atoms with Crippen molar-refractivity contribution in [2.75, 3.05) is 5.73 Å². The van der Waals surface area contributed by atoms with Gasteiger partial charge in [0.15, 0.2) is 0 Å². The second kappa shape index (κ2) is 3.82. The maximum atomic E-state index is 12.0. The van der Waals surface area contributed by atoms with Crippen molar-refractivity contribution in [1.82, 2.24) is 4.98 Å². The van der Waals surface area contributed by atoms with Crippen LogP contribution in [-0.2, 0) is 0 Å². The Morgan fingerprint density at radius 3 is 2.87 bits per heavy atom. The van der Waals surface area contributed by atoms with Crippen LogP contribution in [-0.4, -0.2) is 10.8 Å². The number of anilines is 1. The molecule has 0 aliphatic carbocycles. The van der Waals surface area contributed by atoms with Crippen LogP contribution in [0.25, 0.3) is 0 Å². The molecule has 0 spiro atoms. The zero-order chi connectivity index (χ0) is 10.8. The number of aromatic nitrogens is 1. The van der Waals surface area contributed by atoms with Gasteiger partial charge >= 0.3 is 0 Å². The molecule has 0 aliphatic rings. The molecule has 1 heterocycles. The first-order valence-electron chi connectivity index (χ1n) is 4.48. The van der Waals surface area contributed by atoms with Crippen LogP contribution in [0.1, 0.15) is 20.8 Å². The summed E-state index contributed by atoms with van der Waals surface area (Å²) >= 11 is 1.35. The number of nitrogen functional groups attached to an aromatic ring is 1. The average Bonchev–Trinajstić information content (AvgIpc) is 2.69. The van der Waals surface area contributed by atoms with Crippen LogP contribution >= 0.6 is 11.3 Å². The number of ketones is 1. The van der Waals surface area contributed by atoms with Gasteiger partial charge in [0, 0.05) is 17.4 Å². The lowest BCUT2D eigenvalue weighted by molar-refractivity contribution is 0.104. The Bertz CT molecular complexity index is 491. The number of carbonyl (C=O) groups excluding carboxylic acids is 1. The molecule has 0 bridgehead atoms. The van der Waals surface area contributed by atoms with Crippen molar-refractivity contribution in [1.29, 1.82) is 0 Å². The van der Waals surface area contributed by atoms with Crippen LogP contribution in [0.5, 0.6) is 0 Å². The number of nitrogens with zero attached hydrogens (tertiary/aromatic N) is 1. The zero-order valence-electron chi connectivity index (χ0n) is 8.23. The fraction of sp³-hybridized carbons (Fsp3) is 0.0909. The van der Waals surface area contributed by atoms with E-state index in [0.717, 1.165) is 5.56 Å². The van der Waals surface area contributed by atoms with E-state index in [1.807, 2.05) is 6.92 Å². The second-order valence-corrected chi connectivity index (χ2v) is 4.16. The number of hydrogen-bond acceptors (Lipinski definition) is 4. The molecule has 2 N–H and O–H groups in total. The van der Waals surface area contributed by atoms with Gasteiger partial charge in [-0.2, -0.15) is 0 Å². The fourth-order valence-electron chi connectivity index (χ4n) is 1.40. The van der Waals surface area contributed by atoms with Crippen molar-refractivity contribution in [2.24, 2.45) is 0 Å². The lowest BCUT2D eigenvalue weighted by Crippen LogP contribution is -2.02. The third kappa shape index (κ3) is 1.89. The zero-order valence-corrected chi connectivity index (χ0v) is 9.04. The quantitative estimate of drug-likeness (QED) is 0.621. The maximum absolute atomic E-state index is 12.0. The highest BCUT2D eigenvalue weighted by Crippen LogP contribution is 2.18. The Morgan fingerprint density at radius 2 is 2.27 bits per heavy atom. The molecule has 0 amide bonds. The van der Waals surface area contributed by atoms with Crippen LogP contribution in [0.2, 0.25) is 0 Å². The summed E-state index contributed by atoms with van der Waals surface area (Å²) in [5.41, 5.74) is 9.54. The van der Waals surface area contributed by atoms with Crippen LogP contribution < -0.4 is 5.73 Å². The molecule has 0 aliphatic heterocycles. The monoisotopic (exact) mass is 218 g/mol. The van der Waals surface area contributed by atoms with Gasteiger partial charge in [0.25, 0.3) is 0 Å². The van der Waals surface area contributed by atoms with E-state index < -0.39 is 0 Å². The standard InChI is InChI=1S/C11H10N2OS/c1-7-4-8(12)2-3-9(7)11(14)10-5-13-6-15-10/h2-6H,12H2,1H3. The SMILES string of the molecule is Cc1cc(N)ccc1C(=O)c1cncs1. The number of thiazole rings is 1. The Morgan fingerprint density at radius 1 is 1.47 bits per heavy atom. The largest absolute Gasteiger partial charge is 0.399 e. The minimum Gasteiger partial charge on any atom is -0.399 e. The predicted octanol–water partition coefficient (Wildman–Crippen LogP) is 2.26. The lowest BCUT2D eigenvalue weighted by Gasteiger charge is -2.03. The normalized spacial score (nSPS) is 10.2. The molecular weight excluding hydrogens is 208 g/mol. The number of hydrogen-bond donors (Lipinski definition) is 1. The van der Waals surface area contributed by atoms with Crippen LogP contribution in [0.4, 0.5) is 5.69 Å².